The Hall–Kier alpha value is -1.10. The summed E-state index contributed by atoms with van der Waals surface area (Å²) in [5.41, 5.74) is 0. The van der Waals surface area contributed by atoms with Crippen molar-refractivity contribution in [1.82, 2.24) is 0 Å². The van der Waals surface area contributed by atoms with E-state index in [0.717, 1.165) is 19.3 Å². The number of ether oxygens (including phenoxy) is 2. The minimum Gasteiger partial charge on any atom is -0.460 e. The molecule has 0 aliphatic heterocycles. The first-order valence-electron chi connectivity index (χ1n) is 7.35. The van der Waals surface area contributed by atoms with Crippen LogP contribution in [-0.2, 0) is 19.1 Å². The minimum atomic E-state index is -1.22. The van der Waals surface area contributed by atoms with Crippen LogP contribution in [0.3, 0.4) is 0 Å². The van der Waals surface area contributed by atoms with Gasteiger partial charge in [-0.1, -0.05) is 27.2 Å². The zero-order valence-corrected chi connectivity index (χ0v) is 12.8. The van der Waals surface area contributed by atoms with Crippen LogP contribution in [0.1, 0.15) is 47.0 Å². The fourth-order valence-electron chi connectivity index (χ4n) is 2.70. The number of aliphatic hydroxyl groups excluding tert-OH is 1. The second kappa shape index (κ2) is 7.62. The van der Waals surface area contributed by atoms with Gasteiger partial charge in [-0.25, -0.2) is 9.59 Å². The lowest BCUT2D eigenvalue weighted by atomic mass is 9.75. The molecule has 0 heterocycles. The quantitative estimate of drug-likeness (QED) is 0.782. The van der Waals surface area contributed by atoms with Crippen LogP contribution in [0.15, 0.2) is 0 Å². The predicted octanol–water partition coefficient (Wildman–Crippen LogP) is 1.91. The Labute approximate surface area is 120 Å². The van der Waals surface area contributed by atoms with E-state index in [-0.39, 0.29) is 6.10 Å². The van der Waals surface area contributed by atoms with Crippen LogP contribution in [0.4, 0.5) is 0 Å². The molecule has 20 heavy (non-hydrogen) atoms. The van der Waals surface area contributed by atoms with Gasteiger partial charge in [0.1, 0.15) is 12.2 Å². The van der Waals surface area contributed by atoms with E-state index in [1.165, 1.54) is 6.92 Å². The molecule has 1 fully saturated rings. The summed E-state index contributed by atoms with van der Waals surface area (Å²) < 4.78 is 10.1. The minimum absolute atomic E-state index is 0.100. The first-order chi connectivity index (χ1) is 9.31. The molecule has 116 valence electrons. The highest BCUT2D eigenvalue weighted by atomic mass is 16.6. The van der Waals surface area contributed by atoms with Gasteiger partial charge >= 0.3 is 11.9 Å². The predicted molar refractivity (Wildman–Crippen MR) is 73.9 cm³/mol. The number of hydrogen-bond donors (Lipinski definition) is 1. The van der Waals surface area contributed by atoms with E-state index in [4.69, 9.17) is 9.84 Å². The Morgan fingerprint density at radius 3 is 2.45 bits per heavy atom. The van der Waals surface area contributed by atoms with Crippen molar-refractivity contribution in [3.63, 3.8) is 0 Å². The van der Waals surface area contributed by atoms with Gasteiger partial charge in [0, 0.05) is 0 Å². The number of aliphatic hydroxyl groups is 1. The Balaban J connectivity index is 2.47. The summed E-state index contributed by atoms with van der Waals surface area (Å²) in [6.45, 7) is 7.29. The number of esters is 2. The maximum atomic E-state index is 11.7. The van der Waals surface area contributed by atoms with E-state index in [1.54, 1.807) is 0 Å². The topological polar surface area (TPSA) is 72.8 Å². The molecule has 0 aromatic rings. The number of carbonyl (C=O) groups is 2. The number of carbonyl (C=O) groups excluding carboxylic acids is 2. The van der Waals surface area contributed by atoms with E-state index < -0.39 is 24.6 Å². The molecule has 1 N–H and O–H groups in total. The van der Waals surface area contributed by atoms with Crippen molar-refractivity contribution in [3.05, 3.63) is 0 Å². The highest BCUT2D eigenvalue weighted by Crippen LogP contribution is 2.35. The Morgan fingerprint density at radius 1 is 1.25 bits per heavy atom. The summed E-state index contributed by atoms with van der Waals surface area (Å²) in [6, 6.07) is 0. The normalized spacial score (nSPS) is 28.0. The SMILES string of the molecule is CC(C)[C@@H]1CC[C@@H](C)C[C@H]1OC(=O)COC(=O)[C@H](C)O. The van der Waals surface area contributed by atoms with Gasteiger partial charge in [0.15, 0.2) is 6.61 Å². The molecular formula is C15H26O5. The average molecular weight is 286 g/mol. The summed E-state index contributed by atoms with van der Waals surface area (Å²) in [4.78, 5) is 22.8. The van der Waals surface area contributed by atoms with Crippen LogP contribution in [0.2, 0.25) is 0 Å². The molecule has 1 saturated carbocycles. The van der Waals surface area contributed by atoms with Crippen LogP contribution in [0, 0.1) is 17.8 Å². The van der Waals surface area contributed by atoms with E-state index >= 15 is 0 Å². The van der Waals surface area contributed by atoms with Gasteiger partial charge in [-0.15, -0.1) is 0 Å². The third-order valence-corrected chi connectivity index (χ3v) is 3.92. The van der Waals surface area contributed by atoms with Crippen LogP contribution in [0.25, 0.3) is 0 Å². The molecule has 1 aliphatic carbocycles. The third kappa shape index (κ3) is 5.12. The van der Waals surface area contributed by atoms with E-state index in [0.29, 0.717) is 17.8 Å². The molecule has 0 saturated heterocycles. The van der Waals surface area contributed by atoms with E-state index in [9.17, 15) is 9.59 Å². The molecule has 0 aromatic heterocycles. The average Bonchev–Trinajstić information content (AvgIpc) is 2.35. The smallest absolute Gasteiger partial charge is 0.344 e. The number of hydrogen-bond acceptors (Lipinski definition) is 5. The van der Waals surface area contributed by atoms with Gasteiger partial charge in [0.2, 0.25) is 0 Å². The summed E-state index contributed by atoms with van der Waals surface area (Å²) in [6.07, 6.45) is 1.76. The maximum Gasteiger partial charge on any atom is 0.344 e. The Morgan fingerprint density at radius 2 is 1.90 bits per heavy atom. The lowest BCUT2D eigenvalue weighted by Crippen LogP contribution is -2.37. The molecule has 5 nitrogen and oxygen atoms in total. The molecule has 0 amide bonds. The van der Waals surface area contributed by atoms with Crippen LogP contribution in [-0.4, -0.2) is 35.9 Å². The van der Waals surface area contributed by atoms with Gasteiger partial charge in [-0.05, 0) is 37.5 Å². The first kappa shape index (κ1) is 17.0. The van der Waals surface area contributed by atoms with Crippen molar-refractivity contribution in [2.45, 2.75) is 59.2 Å². The summed E-state index contributed by atoms with van der Waals surface area (Å²) in [5, 5.41) is 8.98. The van der Waals surface area contributed by atoms with Crippen molar-refractivity contribution >= 4 is 11.9 Å². The van der Waals surface area contributed by atoms with Gasteiger partial charge in [0.25, 0.3) is 0 Å². The van der Waals surface area contributed by atoms with Crippen LogP contribution < -0.4 is 0 Å². The molecule has 0 spiro atoms. The van der Waals surface area contributed by atoms with Crippen LogP contribution >= 0.6 is 0 Å². The molecule has 0 radical (unpaired) electrons. The fourth-order valence-corrected chi connectivity index (χ4v) is 2.70. The molecule has 4 atom stereocenters. The molecular weight excluding hydrogens is 260 g/mol. The van der Waals surface area contributed by atoms with Crippen molar-refractivity contribution in [3.8, 4) is 0 Å². The van der Waals surface area contributed by atoms with Crippen LogP contribution in [0.5, 0.6) is 0 Å². The Kier molecular flexibility index (Phi) is 6.46. The zero-order chi connectivity index (χ0) is 15.3. The highest BCUT2D eigenvalue weighted by Gasteiger charge is 2.33. The lowest BCUT2D eigenvalue weighted by Gasteiger charge is -2.36. The zero-order valence-electron chi connectivity index (χ0n) is 12.8. The summed E-state index contributed by atoms with van der Waals surface area (Å²) in [5.74, 6) is 0.0221. The second-order valence-electron chi connectivity index (χ2n) is 6.14. The number of rotatable bonds is 5. The monoisotopic (exact) mass is 286 g/mol. The van der Waals surface area contributed by atoms with Gasteiger partial charge in [0.05, 0.1) is 0 Å². The van der Waals surface area contributed by atoms with Gasteiger partial charge in [-0.3, -0.25) is 0 Å². The molecule has 5 heteroatoms. The largest absolute Gasteiger partial charge is 0.460 e. The molecule has 0 bridgehead atoms. The standard InChI is InChI=1S/C15H26O5/c1-9(2)12-6-5-10(3)7-13(12)20-14(17)8-19-15(18)11(4)16/h9-13,16H,5-8H2,1-4H3/t10-,11+,12+,13-/m1/s1. The molecule has 1 rings (SSSR count). The molecule has 0 unspecified atom stereocenters. The fraction of sp³-hybridized carbons (Fsp3) is 0.867. The van der Waals surface area contributed by atoms with Crippen molar-refractivity contribution in [2.75, 3.05) is 6.61 Å². The molecule has 0 aromatic carbocycles. The molecule has 1 aliphatic rings. The highest BCUT2D eigenvalue weighted by molar-refractivity contribution is 5.78. The summed E-state index contributed by atoms with van der Waals surface area (Å²) >= 11 is 0. The lowest BCUT2D eigenvalue weighted by molar-refractivity contribution is -0.170. The third-order valence-electron chi connectivity index (χ3n) is 3.92. The van der Waals surface area contributed by atoms with Crippen molar-refractivity contribution in [2.24, 2.45) is 17.8 Å². The first-order valence-corrected chi connectivity index (χ1v) is 7.35. The maximum absolute atomic E-state index is 11.7. The van der Waals surface area contributed by atoms with Gasteiger partial charge in [-0.2, -0.15) is 0 Å². The van der Waals surface area contributed by atoms with E-state index in [1.807, 2.05) is 0 Å². The van der Waals surface area contributed by atoms with Gasteiger partial charge < -0.3 is 14.6 Å². The van der Waals surface area contributed by atoms with E-state index in [2.05, 4.69) is 25.5 Å². The second-order valence-corrected chi connectivity index (χ2v) is 6.14. The van der Waals surface area contributed by atoms with Crippen molar-refractivity contribution < 1.29 is 24.2 Å². The Bertz CT molecular complexity index is 337. The summed E-state index contributed by atoms with van der Waals surface area (Å²) in [7, 11) is 0. The van der Waals surface area contributed by atoms with Crippen molar-refractivity contribution in [1.29, 1.82) is 0 Å².